The summed E-state index contributed by atoms with van der Waals surface area (Å²) in [5.41, 5.74) is 5.04. The molecular weight excluding hydrogens is 527 g/mol. The summed E-state index contributed by atoms with van der Waals surface area (Å²) in [5, 5.41) is 10.9. The van der Waals surface area contributed by atoms with Crippen LogP contribution < -0.4 is 11.1 Å². The molecule has 4 aromatic rings. The van der Waals surface area contributed by atoms with Crippen molar-refractivity contribution in [3.05, 3.63) is 46.0 Å². The van der Waals surface area contributed by atoms with E-state index in [0.717, 1.165) is 10.7 Å². The second-order valence-corrected chi connectivity index (χ2v) is 9.07. The predicted molar refractivity (Wildman–Crippen MR) is 132 cm³/mol. The molecule has 0 saturated carbocycles. The van der Waals surface area contributed by atoms with Crippen LogP contribution in [0.4, 0.5) is 18.9 Å². The van der Waals surface area contributed by atoms with Gasteiger partial charge in [-0.2, -0.15) is 23.4 Å². The third-order valence-electron chi connectivity index (χ3n) is 5.70. The molecule has 0 saturated heterocycles. The van der Waals surface area contributed by atoms with E-state index >= 15 is 0 Å². The van der Waals surface area contributed by atoms with E-state index in [0.29, 0.717) is 29.1 Å². The Morgan fingerprint density at radius 3 is 2.47 bits per heavy atom. The van der Waals surface area contributed by atoms with Crippen LogP contribution in [-0.4, -0.2) is 48.9 Å². The number of aromatic nitrogens is 5. The Kier molecular flexibility index (Phi) is 6.97. The minimum atomic E-state index is -4.78. The fourth-order valence-corrected chi connectivity index (χ4v) is 4.94. The van der Waals surface area contributed by atoms with Crippen molar-refractivity contribution in [3.8, 4) is 11.1 Å². The smallest absolute Gasteiger partial charge is 0.433 e. The summed E-state index contributed by atoms with van der Waals surface area (Å²) < 4.78 is 48.9. The van der Waals surface area contributed by atoms with Gasteiger partial charge in [-0.05, 0) is 32.4 Å². The molecule has 3 N–H and O–H groups in total. The van der Waals surface area contributed by atoms with Gasteiger partial charge in [-0.3, -0.25) is 19.0 Å². The molecule has 0 aliphatic rings. The molecule has 2 amide bonds. The number of hydrogen-bond acceptors (Lipinski definition) is 8. The predicted octanol–water partition coefficient (Wildman–Crippen LogP) is 3.77. The molecular formula is C23H22F3N7O4S. The number of amides is 2. The van der Waals surface area contributed by atoms with Gasteiger partial charge in [0.2, 0.25) is 0 Å². The highest BCUT2D eigenvalue weighted by Crippen LogP contribution is 2.44. The topological polar surface area (TPSA) is 147 Å². The molecule has 0 aliphatic heterocycles. The molecule has 0 radical (unpaired) electrons. The number of hydrogen-bond donors (Lipinski definition) is 2. The fourth-order valence-electron chi connectivity index (χ4n) is 3.93. The Labute approximate surface area is 217 Å². The summed E-state index contributed by atoms with van der Waals surface area (Å²) in [6, 6.07) is 2.04. The molecule has 11 nitrogen and oxygen atoms in total. The Morgan fingerprint density at radius 2 is 1.89 bits per heavy atom. The van der Waals surface area contributed by atoms with Gasteiger partial charge in [0.25, 0.3) is 11.8 Å². The third-order valence-corrected chi connectivity index (χ3v) is 6.80. The Hall–Kier alpha value is -4.27. The highest BCUT2D eigenvalue weighted by molar-refractivity contribution is 7.21. The van der Waals surface area contributed by atoms with Crippen molar-refractivity contribution in [2.45, 2.75) is 33.5 Å². The zero-order chi connectivity index (χ0) is 27.9. The van der Waals surface area contributed by atoms with Crippen molar-refractivity contribution in [1.82, 2.24) is 24.5 Å². The van der Waals surface area contributed by atoms with Gasteiger partial charge in [0.05, 0.1) is 18.5 Å². The first-order valence-electron chi connectivity index (χ1n) is 11.3. The summed E-state index contributed by atoms with van der Waals surface area (Å²) in [6.45, 7) is 5.71. The first-order valence-corrected chi connectivity index (χ1v) is 12.1. The Balaban J connectivity index is 1.92. The maximum atomic E-state index is 13.8. The number of thiophene rings is 1. The number of aryl methyl sites for hydroxylation is 2. The zero-order valence-electron chi connectivity index (χ0n) is 20.6. The minimum Gasteiger partial charge on any atom is -0.461 e. The number of alkyl halides is 3. The number of fused-ring (bicyclic) bond motifs is 1. The van der Waals surface area contributed by atoms with Gasteiger partial charge in [0.15, 0.2) is 5.69 Å². The molecule has 4 rings (SSSR count). The molecule has 4 aromatic heterocycles. The standard InChI is InChI=1S/C23H22F3N7O4S/c1-5-33-10(3)12(9-28-33)11-7-15(23(24,25)26)29-21-16(11)17(18(38-21)19(27)34)30-20(35)13-8-14(32(4)31-13)22(36)37-6-2/h7-9H,5-6H2,1-4H3,(H2,27,34)(H,30,35). The van der Waals surface area contributed by atoms with Crippen LogP contribution in [0.25, 0.3) is 21.3 Å². The van der Waals surface area contributed by atoms with Crippen LogP contribution in [0.3, 0.4) is 0 Å². The molecule has 4 heterocycles. The lowest BCUT2D eigenvalue weighted by atomic mass is 10.0. The van der Waals surface area contributed by atoms with Gasteiger partial charge in [-0.1, -0.05) is 0 Å². The van der Waals surface area contributed by atoms with Gasteiger partial charge < -0.3 is 15.8 Å². The monoisotopic (exact) mass is 549 g/mol. The number of rotatable bonds is 7. The first-order chi connectivity index (χ1) is 17.9. The van der Waals surface area contributed by atoms with Gasteiger partial charge in [-0.25, -0.2) is 9.78 Å². The quantitative estimate of drug-likeness (QED) is 0.334. The van der Waals surface area contributed by atoms with Gasteiger partial charge >= 0.3 is 12.1 Å². The molecule has 0 bridgehead atoms. The van der Waals surface area contributed by atoms with E-state index in [1.807, 2.05) is 6.92 Å². The van der Waals surface area contributed by atoms with Crippen molar-refractivity contribution in [3.63, 3.8) is 0 Å². The average Bonchev–Trinajstić information content (AvgIpc) is 3.53. The number of nitrogens with one attached hydrogen (secondary N) is 1. The molecule has 38 heavy (non-hydrogen) atoms. The highest BCUT2D eigenvalue weighted by Gasteiger charge is 2.35. The van der Waals surface area contributed by atoms with Crippen molar-refractivity contribution in [2.24, 2.45) is 12.8 Å². The number of primary amides is 1. The van der Waals surface area contributed by atoms with Crippen LogP contribution in [0.1, 0.15) is 55.9 Å². The SMILES string of the molecule is CCOC(=O)c1cc(C(=O)Nc2c(C(N)=O)sc3nc(C(F)(F)F)cc(-c4cnn(CC)c4C)c23)nn1C. The number of nitrogens with two attached hydrogens (primary N) is 1. The van der Waals surface area contributed by atoms with Crippen LogP contribution in [0, 0.1) is 6.92 Å². The number of carbonyl (C=O) groups excluding carboxylic acids is 3. The van der Waals surface area contributed by atoms with Crippen LogP contribution in [0.2, 0.25) is 0 Å². The van der Waals surface area contributed by atoms with Crippen LogP contribution >= 0.6 is 11.3 Å². The van der Waals surface area contributed by atoms with Crippen LogP contribution in [0.15, 0.2) is 18.3 Å². The molecule has 0 atom stereocenters. The molecule has 0 aliphatic carbocycles. The molecule has 0 fully saturated rings. The van der Waals surface area contributed by atoms with Crippen molar-refractivity contribution < 1.29 is 32.3 Å². The van der Waals surface area contributed by atoms with Crippen molar-refractivity contribution in [1.29, 1.82) is 0 Å². The lowest BCUT2D eigenvalue weighted by Gasteiger charge is -2.12. The molecule has 0 spiro atoms. The number of nitrogens with zero attached hydrogens (tertiary/aromatic N) is 5. The second-order valence-electron chi connectivity index (χ2n) is 8.08. The number of pyridine rings is 1. The summed E-state index contributed by atoms with van der Waals surface area (Å²) in [6.07, 6.45) is -3.37. The maximum Gasteiger partial charge on any atom is 0.433 e. The van der Waals surface area contributed by atoms with E-state index < -0.39 is 29.7 Å². The van der Waals surface area contributed by atoms with E-state index in [1.165, 1.54) is 19.3 Å². The largest absolute Gasteiger partial charge is 0.461 e. The molecule has 0 aromatic carbocycles. The molecule has 15 heteroatoms. The second kappa shape index (κ2) is 9.89. The van der Waals surface area contributed by atoms with E-state index in [4.69, 9.17) is 10.5 Å². The normalized spacial score (nSPS) is 11.7. The van der Waals surface area contributed by atoms with Gasteiger partial charge in [0.1, 0.15) is 21.1 Å². The lowest BCUT2D eigenvalue weighted by Crippen LogP contribution is -2.17. The molecule has 0 unspecified atom stereocenters. The highest BCUT2D eigenvalue weighted by atomic mass is 32.1. The summed E-state index contributed by atoms with van der Waals surface area (Å²) in [7, 11) is 1.44. The summed E-state index contributed by atoms with van der Waals surface area (Å²) >= 11 is 0.619. The molecule has 200 valence electrons. The Bertz CT molecular complexity index is 1590. The maximum absolute atomic E-state index is 13.8. The minimum absolute atomic E-state index is 0.00193. The van der Waals surface area contributed by atoms with Gasteiger partial charge in [-0.15, -0.1) is 11.3 Å². The number of anilines is 1. The first kappa shape index (κ1) is 26.8. The number of ether oxygens (including phenoxy) is 1. The van der Waals surface area contributed by atoms with Crippen molar-refractivity contribution in [2.75, 3.05) is 11.9 Å². The fraction of sp³-hybridized carbons (Fsp3) is 0.304. The number of esters is 1. The third kappa shape index (κ3) is 4.71. The Morgan fingerprint density at radius 1 is 1.18 bits per heavy atom. The number of carbonyl (C=O) groups is 3. The van der Waals surface area contributed by atoms with Crippen LogP contribution in [-0.2, 0) is 24.5 Å². The van der Waals surface area contributed by atoms with Gasteiger partial charge in [0, 0.05) is 36.3 Å². The number of halogens is 3. The summed E-state index contributed by atoms with van der Waals surface area (Å²) in [4.78, 5) is 41.0. The summed E-state index contributed by atoms with van der Waals surface area (Å²) in [5.74, 6) is -2.50. The van der Waals surface area contributed by atoms with Crippen molar-refractivity contribution >= 4 is 45.0 Å². The van der Waals surface area contributed by atoms with E-state index in [2.05, 4.69) is 20.5 Å². The van der Waals surface area contributed by atoms with Crippen LogP contribution in [0.5, 0.6) is 0 Å². The van der Waals surface area contributed by atoms with E-state index in [9.17, 15) is 27.6 Å². The zero-order valence-corrected chi connectivity index (χ0v) is 21.5. The average molecular weight is 550 g/mol. The lowest BCUT2D eigenvalue weighted by molar-refractivity contribution is -0.140. The van der Waals surface area contributed by atoms with E-state index in [1.54, 1.807) is 18.5 Å². The van der Waals surface area contributed by atoms with E-state index in [-0.39, 0.29) is 44.3 Å².